The van der Waals surface area contributed by atoms with Gasteiger partial charge in [0.1, 0.15) is 30.2 Å². The number of amides is 6. The third-order valence-electron chi connectivity index (χ3n) is 14.1. The Labute approximate surface area is 439 Å². The lowest BCUT2D eigenvalue weighted by atomic mass is 9.84. The lowest BCUT2D eigenvalue weighted by molar-refractivity contribution is -0.153. The summed E-state index contributed by atoms with van der Waals surface area (Å²) in [7, 11) is 0. The Kier molecular flexibility index (Phi) is 25.8. The summed E-state index contributed by atoms with van der Waals surface area (Å²) in [5, 5.41) is 31.5. The molecule has 2 heterocycles. The summed E-state index contributed by atoms with van der Waals surface area (Å²) < 4.78 is 0. The van der Waals surface area contributed by atoms with Crippen LogP contribution in [0, 0.1) is 5.92 Å². The number of hydrogen-bond acceptors (Lipinski definition) is 12. The van der Waals surface area contributed by atoms with Gasteiger partial charge in [0.15, 0.2) is 17.9 Å². The van der Waals surface area contributed by atoms with Gasteiger partial charge in [-0.3, -0.25) is 43.7 Å². The number of carboxylic acid groups (broad SMARTS) is 1. The normalized spacial score (nSPS) is 19.4. The third-order valence-corrected chi connectivity index (χ3v) is 14.1. The van der Waals surface area contributed by atoms with Crippen molar-refractivity contribution in [2.75, 3.05) is 32.8 Å². The molecule has 8 atom stereocenters. The number of carboxylic acids is 1. The van der Waals surface area contributed by atoms with Gasteiger partial charge < -0.3 is 81.4 Å². The van der Waals surface area contributed by atoms with E-state index in [0.717, 1.165) is 62.5 Å². The molecule has 0 aromatic heterocycles. The van der Waals surface area contributed by atoms with Crippen LogP contribution >= 0.6 is 0 Å². The SMILES string of the molecule is NC(N)=NCCCC(N)C(=O)NC(CCCN=C(N)N)C(=O)NCCCCCCCCCC(=O)NC(CO)C(=O)N1Cc2ccccc2CC1C(=O)N1C(C(=O)NC(CCCN=C(N)N)C(=O)O)CC2CCCCC21. The molecule has 1 saturated carbocycles. The van der Waals surface area contributed by atoms with Gasteiger partial charge in [0.2, 0.25) is 35.4 Å². The van der Waals surface area contributed by atoms with Crippen molar-refractivity contribution >= 4 is 59.3 Å². The molecule has 1 aromatic rings. The molecule has 75 heavy (non-hydrogen) atoms. The van der Waals surface area contributed by atoms with Crippen LogP contribution in [0.3, 0.4) is 0 Å². The van der Waals surface area contributed by atoms with Crippen molar-refractivity contribution in [2.24, 2.45) is 61.0 Å². The van der Waals surface area contributed by atoms with Gasteiger partial charge in [-0.1, -0.05) is 69.2 Å². The number of carbonyl (C=O) groups is 7. The number of nitrogens with one attached hydrogen (secondary N) is 4. The molecule has 2 fully saturated rings. The first-order chi connectivity index (χ1) is 35.9. The monoisotopic (exact) mass is 1050 g/mol. The smallest absolute Gasteiger partial charge is 0.326 e. The van der Waals surface area contributed by atoms with Gasteiger partial charge in [0, 0.05) is 51.6 Å². The number of aliphatic hydroxyl groups is 1. The Morgan fingerprint density at radius 3 is 1.84 bits per heavy atom. The fourth-order valence-electron chi connectivity index (χ4n) is 10.2. The van der Waals surface area contributed by atoms with Crippen molar-refractivity contribution < 1.29 is 43.8 Å². The molecule has 2 aliphatic heterocycles. The summed E-state index contributed by atoms with van der Waals surface area (Å²) in [6.07, 6.45) is 11.3. The molecule has 1 aromatic carbocycles. The quantitative estimate of drug-likeness (QED) is 0.0219. The topological polar surface area (TPSA) is 434 Å². The lowest BCUT2D eigenvalue weighted by Crippen LogP contribution is -2.62. The van der Waals surface area contributed by atoms with E-state index in [1.54, 1.807) is 4.90 Å². The number of unbranched alkanes of at least 4 members (excludes halogenated alkanes) is 6. The number of aliphatic carboxylic acids is 1. The lowest BCUT2D eigenvalue weighted by Gasteiger charge is -2.42. The highest BCUT2D eigenvalue weighted by atomic mass is 16.4. The molecule has 20 N–H and O–H groups in total. The maximum absolute atomic E-state index is 15.0. The van der Waals surface area contributed by atoms with Crippen LogP contribution in [-0.4, -0.2) is 154 Å². The van der Waals surface area contributed by atoms with Crippen molar-refractivity contribution in [2.45, 2.75) is 177 Å². The number of likely N-dealkylation sites (tertiary alicyclic amines) is 1. The number of carbonyl (C=O) groups excluding carboxylic acids is 6. The number of rotatable bonds is 32. The van der Waals surface area contributed by atoms with E-state index >= 15 is 4.79 Å². The molecule has 25 nitrogen and oxygen atoms in total. The highest BCUT2D eigenvalue weighted by Crippen LogP contribution is 2.41. The Bertz CT molecular complexity index is 2150. The largest absolute Gasteiger partial charge is 0.480 e. The minimum Gasteiger partial charge on any atom is -0.480 e. The highest BCUT2D eigenvalue weighted by molar-refractivity contribution is 5.96. The summed E-state index contributed by atoms with van der Waals surface area (Å²) in [4.78, 5) is 110. The fraction of sp³-hybridized carbons (Fsp3) is 0.680. The van der Waals surface area contributed by atoms with E-state index in [4.69, 9.17) is 40.1 Å². The zero-order chi connectivity index (χ0) is 54.9. The number of guanidine groups is 3. The van der Waals surface area contributed by atoms with Crippen LogP contribution in [-0.2, 0) is 46.5 Å². The highest BCUT2D eigenvalue weighted by Gasteiger charge is 2.51. The van der Waals surface area contributed by atoms with E-state index in [-0.39, 0.29) is 74.6 Å². The number of hydrogen-bond donors (Lipinski definition) is 13. The van der Waals surface area contributed by atoms with Crippen LogP contribution in [0.5, 0.6) is 0 Å². The summed E-state index contributed by atoms with van der Waals surface area (Å²) in [5.74, 6) is -4.31. The van der Waals surface area contributed by atoms with E-state index in [0.29, 0.717) is 70.9 Å². The number of nitrogens with zero attached hydrogens (tertiary/aromatic N) is 5. The van der Waals surface area contributed by atoms with Gasteiger partial charge in [0.25, 0.3) is 0 Å². The van der Waals surface area contributed by atoms with Gasteiger partial charge in [-0.15, -0.1) is 0 Å². The van der Waals surface area contributed by atoms with Gasteiger partial charge in [-0.05, 0) is 87.7 Å². The van der Waals surface area contributed by atoms with Gasteiger partial charge in [-0.2, -0.15) is 0 Å². The second kappa shape index (κ2) is 31.9. The third kappa shape index (κ3) is 20.1. The Morgan fingerprint density at radius 2 is 1.23 bits per heavy atom. The first kappa shape index (κ1) is 60.8. The Morgan fingerprint density at radius 1 is 0.653 bits per heavy atom. The standard InChI is InChI=1S/C50H84N16O9/c51-34(18-12-24-59-48(52)53)42(69)63-35(19-13-25-60-49(54)55)43(70)58-23-11-5-3-1-2-4-6-22-41(68)62-37(30-67)45(72)65-29-33-17-8-7-15-31(33)27-40(65)46(73)66-38-21-10-9-16-32(38)28-39(66)44(71)64-36(47(74)75)20-14-26-61-50(56)57/h7-8,15,17,32,34-40,67H,1-6,9-14,16,18-30,51H2,(H,58,70)(H,62,68)(H,63,69)(H,64,71)(H,74,75)(H4,52,53,59)(H4,54,55,60)(H4,56,57,61). The molecule has 3 aliphatic rings. The van der Waals surface area contributed by atoms with Gasteiger partial charge in [0.05, 0.1) is 12.6 Å². The molecule has 6 amide bonds. The van der Waals surface area contributed by atoms with E-state index in [1.165, 1.54) is 4.90 Å². The molecule has 4 rings (SSSR count). The molecule has 418 valence electrons. The van der Waals surface area contributed by atoms with Gasteiger partial charge in [-0.25, -0.2) is 4.79 Å². The number of aliphatic imine (C=N–C) groups is 3. The maximum Gasteiger partial charge on any atom is 0.326 e. The zero-order valence-corrected chi connectivity index (χ0v) is 43.3. The molecule has 8 unspecified atom stereocenters. The fourth-order valence-corrected chi connectivity index (χ4v) is 10.2. The second-order valence-corrected chi connectivity index (χ2v) is 19.8. The van der Waals surface area contributed by atoms with Crippen LogP contribution in [0.4, 0.5) is 0 Å². The first-order valence-electron chi connectivity index (χ1n) is 26.5. The van der Waals surface area contributed by atoms with Crippen molar-refractivity contribution in [3.63, 3.8) is 0 Å². The van der Waals surface area contributed by atoms with E-state index in [2.05, 4.69) is 36.2 Å². The van der Waals surface area contributed by atoms with E-state index in [9.17, 15) is 39.0 Å². The van der Waals surface area contributed by atoms with Crippen molar-refractivity contribution in [3.05, 3.63) is 35.4 Å². The van der Waals surface area contributed by atoms with Crippen molar-refractivity contribution in [3.8, 4) is 0 Å². The molecule has 0 bridgehead atoms. The maximum atomic E-state index is 15.0. The number of fused-ring (bicyclic) bond motifs is 2. The molecule has 1 saturated heterocycles. The van der Waals surface area contributed by atoms with E-state index < -0.39 is 78.4 Å². The minimum atomic E-state index is -1.32. The average molecular weight is 1050 g/mol. The number of benzene rings is 1. The average Bonchev–Trinajstić information content (AvgIpc) is 3.77. The predicted molar refractivity (Wildman–Crippen MR) is 284 cm³/mol. The zero-order valence-electron chi connectivity index (χ0n) is 43.3. The molecular formula is C50H84N16O9. The minimum absolute atomic E-state index is 0.0156. The van der Waals surface area contributed by atoms with Crippen LogP contribution in [0.15, 0.2) is 39.2 Å². The molecule has 0 spiro atoms. The van der Waals surface area contributed by atoms with Crippen LogP contribution in [0.2, 0.25) is 0 Å². The predicted octanol–water partition coefficient (Wildman–Crippen LogP) is -1.64. The molecule has 1 aliphatic carbocycles. The molecular weight excluding hydrogens is 969 g/mol. The van der Waals surface area contributed by atoms with Crippen LogP contribution in [0.1, 0.15) is 133 Å². The van der Waals surface area contributed by atoms with E-state index in [1.807, 2.05) is 24.3 Å². The summed E-state index contributed by atoms with van der Waals surface area (Å²) in [6.45, 7) is 0.542. The van der Waals surface area contributed by atoms with Gasteiger partial charge >= 0.3 is 5.97 Å². The van der Waals surface area contributed by atoms with Crippen LogP contribution < -0.4 is 61.4 Å². The first-order valence-corrected chi connectivity index (χ1v) is 26.5. The van der Waals surface area contributed by atoms with Crippen molar-refractivity contribution in [1.29, 1.82) is 0 Å². The molecule has 25 heteroatoms. The summed E-state index contributed by atoms with van der Waals surface area (Å²) in [5.41, 5.74) is 40.1. The second-order valence-electron chi connectivity index (χ2n) is 19.8. The number of nitrogens with two attached hydrogens (primary N) is 7. The Hall–Kier alpha value is -6.76. The van der Waals surface area contributed by atoms with Crippen LogP contribution in [0.25, 0.3) is 0 Å². The summed E-state index contributed by atoms with van der Waals surface area (Å²) >= 11 is 0. The molecule has 0 radical (unpaired) electrons. The number of aliphatic hydroxyl groups excluding tert-OH is 1. The van der Waals surface area contributed by atoms with Crippen molar-refractivity contribution in [1.82, 2.24) is 31.1 Å². The Balaban J connectivity index is 1.26. The summed E-state index contributed by atoms with van der Waals surface area (Å²) in [6, 6.07) is 0.896.